The van der Waals surface area contributed by atoms with Gasteiger partial charge in [0.05, 0.1) is 18.8 Å². The van der Waals surface area contributed by atoms with Crippen molar-refractivity contribution in [3.8, 4) is 0 Å². The van der Waals surface area contributed by atoms with E-state index in [2.05, 4.69) is 0 Å². The lowest BCUT2D eigenvalue weighted by Crippen LogP contribution is -2.48. The Morgan fingerprint density at radius 1 is 1.50 bits per heavy atom. The molecule has 0 aromatic rings. The second kappa shape index (κ2) is 5.64. The molecule has 0 spiro atoms. The molecule has 0 radical (unpaired) electrons. The number of carbonyl (C=O) groups is 1. The monoisotopic (exact) mass is 229 g/mol. The average molecular weight is 229 g/mol. The molecule has 1 rings (SSSR count). The van der Waals surface area contributed by atoms with Gasteiger partial charge < -0.3 is 14.4 Å². The number of amides is 1. The van der Waals surface area contributed by atoms with Gasteiger partial charge in [0, 0.05) is 13.0 Å². The van der Waals surface area contributed by atoms with Crippen LogP contribution in [0.1, 0.15) is 40.5 Å². The average Bonchev–Trinajstić information content (AvgIpc) is 2.16. The first-order chi connectivity index (χ1) is 7.42. The van der Waals surface area contributed by atoms with Gasteiger partial charge in [0.2, 0.25) is 5.91 Å². The zero-order valence-corrected chi connectivity index (χ0v) is 10.8. The molecule has 0 unspecified atom stereocenters. The molecule has 0 bridgehead atoms. The first-order valence-corrected chi connectivity index (χ1v) is 5.99. The van der Waals surface area contributed by atoms with Crippen LogP contribution in [0.5, 0.6) is 0 Å². The SMILES string of the molecule is CCCC(=O)N1CCO[C@@H](OC(C)(C)C)C1. The molecule has 94 valence electrons. The van der Waals surface area contributed by atoms with E-state index in [0.29, 0.717) is 26.1 Å². The third kappa shape index (κ3) is 4.49. The quantitative estimate of drug-likeness (QED) is 0.740. The lowest BCUT2D eigenvalue weighted by Gasteiger charge is -2.36. The fraction of sp³-hybridized carbons (Fsp3) is 0.917. The Morgan fingerprint density at radius 3 is 2.75 bits per heavy atom. The van der Waals surface area contributed by atoms with E-state index in [9.17, 15) is 4.79 Å². The molecule has 1 aliphatic rings. The van der Waals surface area contributed by atoms with Crippen LogP contribution >= 0.6 is 0 Å². The molecule has 4 heteroatoms. The van der Waals surface area contributed by atoms with Crippen molar-refractivity contribution in [3.05, 3.63) is 0 Å². The molecule has 1 amide bonds. The smallest absolute Gasteiger partial charge is 0.222 e. The van der Waals surface area contributed by atoms with Crippen molar-refractivity contribution in [2.45, 2.75) is 52.4 Å². The zero-order chi connectivity index (χ0) is 12.2. The molecule has 0 saturated carbocycles. The van der Waals surface area contributed by atoms with Crippen LogP contribution in [0.3, 0.4) is 0 Å². The Morgan fingerprint density at radius 2 is 2.19 bits per heavy atom. The third-order valence-corrected chi connectivity index (χ3v) is 2.34. The third-order valence-electron chi connectivity index (χ3n) is 2.34. The molecule has 4 nitrogen and oxygen atoms in total. The van der Waals surface area contributed by atoms with E-state index < -0.39 is 0 Å². The Kier molecular flexibility index (Phi) is 4.74. The van der Waals surface area contributed by atoms with Crippen LogP contribution in [0.4, 0.5) is 0 Å². The number of hydrogen-bond donors (Lipinski definition) is 0. The molecule has 0 aromatic carbocycles. The summed E-state index contributed by atoms with van der Waals surface area (Å²) in [6.45, 7) is 9.78. The van der Waals surface area contributed by atoms with Gasteiger partial charge >= 0.3 is 0 Å². The Hall–Kier alpha value is -0.610. The largest absolute Gasteiger partial charge is 0.349 e. The number of rotatable bonds is 3. The van der Waals surface area contributed by atoms with Crippen molar-refractivity contribution >= 4 is 5.91 Å². The molecular formula is C12H23NO3. The van der Waals surface area contributed by atoms with Gasteiger partial charge in [0.1, 0.15) is 0 Å². The van der Waals surface area contributed by atoms with Gasteiger partial charge in [-0.2, -0.15) is 0 Å². The van der Waals surface area contributed by atoms with Crippen LogP contribution in [-0.2, 0) is 14.3 Å². The summed E-state index contributed by atoms with van der Waals surface area (Å²) in [5, 5.41) is 0. The minimum Gasteiger partial charge on any atom is -0.349 e. The van der Waals surface area contributed by atoms with Gasteiger partial charge in [-0.25, -0.2) is 0 Å². The molecule has 1 fully saturated rings. The number of carbonyl (C=O) groups excluding carboxylic acids is 1. The number of morpholine rings is 1. The lowest BCUT2D eigenvalue weighted by molar-refractivity contribution is -0.222. The Labute approximate surface area is 97.9 Å². The van der Waals surface area contributed by atoms with Gasteiger partial charge in [-0.3, -0.25) is 4.79 Å². The predicted molar refractivity (Wildman–Crippen MR) is 62.1 cm³/mol. The predicted octanol–water partition coefficient (Wildman–Crippen LogP) is 1.79. The van der Waals surface area contributed by atoms with Crippen molar-refractivity contribution in [2.75, 3.05) is 19.7 Å². The van der Waals surface area contributed by atoms with Gasteiger partial charge in [-0.15, -0.1) is 0 Å². The van der Waals surface area contributed by atoms with E-state index in [1.807, 2.05) is 32.6 Å². The number of ether oxygens (including phenoxy) is 2. The molecule has 0 N–H and O–H groups in total. The molecule has 1 aliphatic heterocycles. The first-order valence-electron chi connectivity index (χ1n) is 5.99. The van der Waals surface area contributed by atoms with Crippen molar-refractivity contribution in [3.63, 3.8) is 0 Å². The summed E-state index contributed by atoms with van der Waals surface area (Å²) in [6, 6.07) is 0. The highest BCUT2D eigenvalue weighted by molar-refractivity contribution is 5.76. The number of hydrogen-bond acceptors (Lipinski definition) is 3. The highest BCUT2D eigenvalue weighted by Crippen LogP contribution is 2.16. The van der Waals surface area contributed by atoms with Crippen LogP contribution in [0, 0.1) is 0 Å². The summed E-state index contributed by atoms with van der Waals surface area (Å²) in [4.78, 5) is 13.6. The van der Waals surface area contributed by atoms with Crippen molar-refractivity contribution < 1.29 is 14.3 Å². The normalized spacial score (nSPS) is 22.2. The van der Waals surface area contributed by atoms with Crippen LogP contribution in [0.2, 0.25) is 0 Å². The van der Waals surface area contributed by atoms with E-state index in [-0.39, 0.29) is 17.8 Å². The second-order valence-corrected chi connectivity index (χ2v) is 5.12. The van der Waals surface area contributed by atoms with Gasteiger partial charge in [-0.05, 0) is 27.2 Å². The maximum atomic E-state index is 11.7. The summed E-state index contributed by atoms with van der Waals surface area (Å²) in [5.74, 6) is 0.202. The highest BCUT2D eigenvalue weighted by atomic mass is 16.7. The van der Waals surface area contributed by atoms with E-state index in [1.165, 1.54) is 0 Å². The van der Waals surface area contributed by atoms with E-state index >= 15 is 0 Å². The van der Waals surface area contributed by atoms with Crippen molar-refractivity contribution in [1.29, 1.82) is 0 Å². The van der Waals surface area contributed by atoms with Crippen LogP contribution in [0.25, 0.3) is 0 Å². The number of nitrogens with zero attached hydrogens (tertiary/aromatic N) is 1. The Bertz CT molecular complexity index is 235. The molecule has 1 heterocycles. The second-order valence-electron chi connectivity index (χ2n) is 5.12. The highest BCUT2D eigenvalue weighted by Gasteiger charge is 2.27. The molecule has 1 saturated heterocycles. The summed E-state index contributed by atoms with van der Waals surface area (Å²) < 4.78 is 11.2. The van der Waals surface area contributed by atoms with E-state index in [1.54, 1.807) is 0 Å². The van der Waals surface area contributed by atoms with Crippen LogP contribution in [0.15, 0.2) is 0 Å². The van der Waals surface area contributed by atoms with Gasteiger partial charge in [0.15, 0.2) is 6.29 Å². The summed E-state index contributed by atoms with van der Waals surface area (Å²) in [7, 11) is 0. The lowest BCUT2D eigenvalue weighted by atomic mass is 10.2. The van der Waals surface area contributed by atoms with E-state index in [0.717, 1.165) is 6.42 Å². The van der Waals surface area contributed by atoms with Crippen LogP contribution in [-0.4, -0.2) is 42.4 Å². The van der Waals surface area contributed by atoms with Crippen LogP contribution < -0.4 is 0 Å². The zero-order valence-electron chi connectivity index (χ0n) is 10.8. The fourth-order valence-corrected chi connectivity index (χ4v) is 1.68. The van der Waals surface area contributed by atoms with E-state index in [4.69, 9.17) is 9.47 Å². The summed E-state index contributed by atoms with van der Waals surface area (Å²) >= 11 is 0. The molecule has 0 aliphatic carbocycles. The summed E-state index contributed by atoms with van der Waals surface area (Å²) in [5.41, 5.74) is -0.235. The Balaban J connectivity index is 2.44. The fourth-order valence-electron chi connectivity index (χ4n) is 1.68. The summed E-state index contributed by atoms with van der Waals surface area (Å²) in [6.07, 6.45) is 1.22. The molecular weight excluding hydrogens is 206 g/mol. The standard InChI is InChI=1S/C12H23NO3/c1-5-6-10(14)13-7-8-15-11(9-13)16-12(2,3)4/h11H,5-9H2,1-4H3/t11-/m0/s1. The molecule has 1 atom stereocenters. The minimum absolute atomic E-state index is 0.202. The maximum absolute atomic E-state index is 11.7. The topological polar surface area (TPSA) is 38.8 Å². The minimum atomic E-state index is -0.283. The van der Waals surface area contributed by atoms with Crippen molar-refractivity contribution in [2.24, 2.45) is 0 Å². The first kappa shape index (κ1) is 13.5. The van der Waals surface area contributed by atoms with Gasteiger partial charge in [-0.1, -0.05) is 6.92 Å². The molecule has 0 aromatic heterocycles. The molecule has 16 heavy (non-hydrogen) atoms. The van der Waals surface area contributed by atoms with Crippen molar-refractivity contribution in [1.82, 2.24) is 4.90 Å². The van der Waals surface area contributed by atoms with Gasteiger partial charge in [0.25, 0.3) is 0 Å². The maximum Gasteiger partial charge on any atom is 0.222 e.